The van der Waals surface area contributed by atoms with Crippen molar-refractivity contribution < 1.29 is 9.53 Å². The lowest BCUT2D eigenvalue weighted by atomic mass is 10.1. The largest absolute Gasteiger partial charge is 0.469 e. The van der Waals surface area contributed by atoms with Crippen LogP contribution in [0.5, 0.6) is 0 Å². The van der Waals surface area contributed by atoms with Crippen LogP contribution in [-0.2, 0) is 9.53 Å². The number of carbonyl (C=O) groups is 1. The van der Waals surface area contributed by atoms with Gasteiger partial charge < -0.3 is 4.74 Å². The molecule has 0 aliphatic carbocycles. The van der Waals surface area contributed by atoms with E-state index in [0.717, 1.165) is 31.6 Å². The summed E-state index contributed by atoms with van der Waals surface area (Å²) in [6.07, 6.45) is 9.25. The predicted molar refractivity (Wildman–Crippen MR) is 73.9 cm³/mol. The Kier molecular flexibility index (Phi) is 12.5. The molecule has 0 rings (SSSR count). The molecular formula is C13H24Cl2O2. The molecule has 0 saturated heterocycles. The predicted octanol–water partition coefficient (Wildman–Crippen LogP) is 4.52. The van der Waals surface area contributed by atoms with Crippen molar-refractivity contribution in [3.63, 3.8) is 0 Å². The van der Waals surface area contributed by atoms with Gasteiger partial charge in [0.25, 0.3) is 0 Å². The van der Waals surface area contributed by atoms with Crippen molar-refractivity contribution in [1.82, 2.24) is 0 Å². The van der Waals surface area contributed by atoms with Gasteiger partial charge in [-0.1, -0.05) is 25.7 Å². The first-order valence-corrected chi connectivity index (χ1v) is 7.44. The molecule has 0 N–H and O–H groups in total. The average molecular weight is 283 g/mol. The highest BCUT2D eigenvalue weighted by atomic mass is 35.5. The Hall–Kier alpha value is 0.0500. The molecule has 0 amide bonds. The van der Waals surface area contributed by atoms with E-state index in [1.807, 2.05) is 0 Å². The van der Waals surface area contributed by atoms with Gasteiger partial charge in [0, 0.05) is 17.7 Å². The fourth-order valence-electron chi connectivity index (χ4n) is 1.70. The van der Waals surface area contributed by atoms with Gasteiger partial charge in [0.2, 0.25) is 0 Å². The van der Waals surface area contributed by atoms with Gasteiger partial charge in [-0.15, -0.1) is 23.2 Å². The van der Waals surface area contributed by atoms with Crippen LogP contribution >= 0.6 is 23.2 Å². The quantitative estimate of drug-likeness (QED) is 0.316. The first-order valence-electron chi connectivity index (χ1n) is 6.47. The molecule has 0 radical (unpaired) electrons. The van der Waals surface area contributed by atoms with Crippen LogP contribution in [0, 0.1) is 0 Å². The Labute approximate surface area is 115 Å². The van der Waals surface area contributed by atoms with Crippen molar-refractivity contribution >= 4 is 29.2 Å². The average Bonchev–Trinajstić information content (AvgIpc) is 2.33. The van der Waals surface area contributed by atoms with E-state index in [1.165, 1.54) is 32.8 Å². The zero-order valence-corrected chi connectivity index (χ0v) is 12.2. The molecule has 4 heteroatoms. The number of alkyl halides is 2. The number of halogens is 2. The SMILES string of the molecule is COC(=O)CCCC(Cl)CCCCCCCCl. The van der Waals surface area contributed by atoms with Crippen LogP contribution in [0.3, 0.4) is 0 Å². The van der Waals surface area contributed by atoms with Gasteiger partial charge in [-0.2, -0.15) is 0 Å². The summed E-state index contributed by atoms with van der Waals surface area (Å²) in [7, 11) is 1.42. The van der Waals surface area contributed by atoms with E-state index in [0.29, 0.717) is 6.42 Å². The highest BCUT2D eigenvalue weighted by Gasteiger charge is 2.06. The number of hydrogen-bond acceptors (Lipinski definition) is 2. The Balaban J connectivity index is 3.23. The highest BCUT2D eigenvalue weighted by molar-refractivity contribution is 6.20. The van der Waals surface area contributed by atoms with Crippen molar-refractivity contribution in [2.45, 2.75) is 63.2 Å². The lowest BCUT2D eigenvalue weighted by molar-refractivity contribution is -0.140. The minimum Gasteiger partial charge on any atom is -0.469 e. The number of hydrogen-bond donors (Lipinski definition) is 0. The zero-order valence-electron chi connectivity index (χ0n) is 10.7. The second kappa shape index (κ2) is 12.5. The van der Waals surface area contributed by atoms with E-state index in [1.54, 1.807) is 0 Å². The molecule has 1 atom stereocenters. The fraction of sp³-hybridized carbons (Fsp3) is 0.923. The Bertz CT molecular complexity index is 186. The third kappa shape index (κ3) is 12.3. The maximum atomic E-state index is 10.9. The summed E-state index contributed by atoms with van der Waals surface area (Å²) in [5.41, 5.74) is 0. The monoisotopic (exact) mass is 282 g/mol. The molecule has 0 aliphatic rings. The molecule has 0 bridgehead atoms. The molecule has 0 spiro atoms. The summed E-state index contributed by atoms with van der Waals surface area (Å²) >= 11 is 11.8. The highest BCUT2D eigenvalue weighted by Crippen LogP contribution is 2.16. The summed E-state index contributed by atoms with van der Waals surface area (Å²) in [4.78, 5) is 10.9. The van der Waals surface area contributed by atoms with Crippen LogP contribution in [0.2, 0.25) is 0 Å². The number of carbonyl (C=O) groups excluding carboxylic acids is 1. The standard InChI is InChI=1S/C13H24Cl2O2/c1-17-13(16)10-7-9-12(15)8-5-3-2-4-6-11-14/h12H,2-11H2,1H3. The molecule has 0 heterocycles. The minimum atomic E-state index is -0.144. The fourth-order valence-corrected chi connectivity index (χ4v) is 2.20. The first-order chi connectivity index (χ1) is 8.20. The van der Waals surface area contributed by atoms with E-state index in [2.05, 4.69) is 4.74 Å². The van der Waals surface area contributed by atoms with E-state index in [9.17, 15) is 4.79 Å². The lowest BCUT2D eigenvalue weighted by Gasteiger charge is -2.08. The summed E-state index contributed by atoms with van der Waals surface area (Å²) in [6.45, 7) is 0. The van der Waals surface area contributed by atoms with Crippen molar-refractivity contribution in [2.75, 3.05) is 13.0 Å². The van der Waals surface area contributed by atoms with Crippen LogP contribution in [0.4, 0.5) is 0 Å². The number of unbranched alkanes of at least 4 members (excludes halogenated alkanes) is 4. The van der Waals surface area contributed by atoms with Crippen molar-refractivity contribution in [2.24, 2.45) is 0 Å². The number of rotatable bonds is 11. The van der Waals surface area contributed by atoms with Crippen LogP contribution < -0.4 is 0 Å². The maximum Gasteiger partial charge on any atom is 0.305 e. The molecule has 0 aliphatic heterocycles. The number of methoxy groups -OCH3 is 1. The van der Waals surface area contributed by atoms with E-state index in [-0.39, 0.29) is 11.3 Å². The minimum absolute atomic E-state index is 0.144. The molecule has 0 aromatic heterocycles. The molecule has 0 aromatic rings. The smallest absolute Gasteiger partial charge is 0.305 e. The van der Waals surface area contributed by atoms with Gasteiger partial charge in [0.1, 0.15) is 0 Å². The van der Waals surface area contributed by atoms with Crippen molar-refractivity contribution in [3.8, 4) is 0 Å². The summed E-state index contributed by atoms with van der Waals surface area (Å²) in [6, 6.07) is 0. The van der Waals surface area contributed by atoms with Gasteiger partial charge >= 0.3 is 5.97 Å². The van der Waals surface area contributed by atoms with E-state index < -0.39 is 0 Å². The lowest BCUT2D eigenvalue weighted by Crippen LogP contribution is -2.03. The van der Waals surface area contributed by atoms with Gasteiger partial charge in [-0.05, 0) is 25.7 Å². The normalized spacial score (nSPS) is 12.4. The van der Waals surface area contributed by atoms with Gasteiger partial charge in [-0.25, -0.2) is 0 Å². The summed E-state index contributed by atoms with van der Waals surface area (Å²) < 4.78 is 4.58. The molecule has 0 fully saturated rings. The Morgan fingerprint density at radius 3 is 2.29 bits per heavy atom. The van der Waals surface area contributed by atoms with Crippen LogP contribution in [0.15, 0.2) is 0 Å². The van der Waals surface area contributed by atoms with E-state index in [4.69, 9.17) is 23.2 Å². The van der Waals surface area contributed by atoms with Crippen LogP contribution in [-0.4, -0.2) is 24.3 Å². The second-order valence-corrected chi connectivity index (χ2v) is 5.31. The summed E-state index contributed by atoms with van der Waals surface area (Å²) in [5, 5.41) is 0.202. The molecule has 17 heavy (non-hydrogen) atoms. The Morgan fingerprint density at radius 1 is 1.06 bits per heavy atom. The van der Waals surface area contributed by atoms with E-state index >= 15 is 0 Å². The van der Waals surface area contributed by atoms with Gasteiger partial charge in [-0.3, -0.25) is 4.79 Å². The van der Waals surface area contributed by atoms with Gasteiger partial charge in [0.15, 0.2) is 0 Å². The van der Waals surface area contributed by atoms with Crippen molar-refractivity contribution in [1.29, 1.82) is 0 Å². The number of ether oxygens (including phenoxy) is 1. The second-order valence-electron chi connectivity index (χ2n) is 4.31. The third-order valence-electron chi connectivity index (χ3n) is 2.78. The topological polar surface area (TPSA) is 26.3 Å². The molecule has 102 valence electrons. The molecule has 0 saturated carbocycles. The number of esters is 1. The Morgan fingerprint density at radius 2 is 1.65 bits per heavy atom. The van der Waals surface area contributed by atoms with Gasteiger partial charge in [0.05, 0.1) is 7.11 Å². The molecular weight excluding hydrogens is 259 g/mol. The zero-order chi connectivity index (χ0) is 12.9. The van der Waals surface area contributed by atoms with Crippen LogP contribution in [0.25, 0.3) is 0 Å². The first kappa shape index (κ1) is 17.1. The molecule has 2 nitrogen and oxygen atoms in total. The third-order valence-corrected chi connectivity index (χ3v) is 3.48. The molecule has 1 unspecified atom stereocenters. The molecule has 0 aromatic carbocycles. The van der Waals surface area contributed by atoms with Crippen molar-refractivity contribution in [3.05, 3.63) is 0 Å². The summed E-state index contributed by atoms with van der Waals surface area (Å²) in [5.74, 6) is 0.626. The maximum absolute atomic E-state index is 10.9. The van der Waals surface area contributed by atoms with Crippen LogP contribution in [0.1, 0.15) is 57.8 Å².